The van der Waals surface area contributed by atoms with E-state index < -0.39 is 0 Å². The summed E-state index contributed by atoms with van der Waals surface area (Å²) in [6.45, 7) is 1.87. The number of aromatic hydroxyl groups is 2. The van der Waals surface area contributed by atoms with Gasteiger partial charge in [0.05, 0.1) is 0 Å². The van der Waals surface area contributed by atoms with E-state index in [0.29, 0.717) is 24.0 Å². The van der Waals surface area contributed by atoms with Gasteiger partial charge in [0.1, 0.15) is 5.76 Å². The SMILES string of the molecule is Cc1cc(O)c(O)c(-c2c3ccccc3c(C3=CCCC(O)=C3O)c3ccccc23)c1. The summed E-state index contributed by atoms with van der Waals surface area (Å²) in [5, 5.41) is 45.5. The smallest absolute Gasteiger partial charge is 0.165 e. The lowest BCUT2D eigenvalue weighted by molar-refractivity contribution is 0.323. The van der Waals surface area contributed by atoms with Crippen LogP contribution in [-0.2, 0) is 0 Å². The molecule has 5 rings (SSSR count). The predicted octanol–water partition coefficient (Wildman–Crippen LogP) is 6.88. The van der Waals surface area contributed by atoms with E-state index in [-0.39, 0.29) is 23.0 Å². The third-order valence-corrected chi connectivity index (χ3v) is 5.96. The van der Waals surface area contributed by atoms with Gasteiger partial charge in [0, 0.05) is 28.7 Å². The number of hydrogen-bond donors (Lipinski definition) is 4. The van der Waals surface area contributed by atoms with E-state index in [0.717, 1.165) is 38.2 Å². The van der Waals surface area contributed by atoms with Crippen molar-refractivity contribution in [3.63, 3.8) is 0 Å². The van der Waals surface area contributed by atoms with Crippen molar-refractivity contribution < 1.29 is 20.4 Å². The van der Waals surface area contributed by atoms with E-state index in [1.54, 1.807) is 0 Å². The molecule has 0 bridgehead atoms. The van der Waals surface area contributed by atoms with Gasteiger partial charge in [-0.05, 0) is 52.6 Å². The number of phenols is 2. The fourth-order valence-corrected chi connectivity index (χ4v) is 4.60. The minimum atomic E-state index is -0.161. The fraction of sp³-hybridized carbons (Fsp3) is 0.111. The van der Waals surface area contributed by atoms with Crippen LogP contribution in [0.5, 0.6) is 11.5 Å². The van der Waals surface area contributed by atoms with Crippen molar-refractivity contribution in [1.82, 2.24) is 0 Å². The highest BCUT2D eigenvalue weighted by atomic mass is 16.3. The second-order valence-corrected chi connectivity index (χ2v) is 7.97. The lowest BCUT2D eigenvalue weighted by Crippen LogP contribution is -2.02. The molecule has 4 nitrogen and oxygen atoms in total. The van der Waals surface area contributed by atoms with Crippen molar-refractivity contribution >= 4 is 27.1 Å². The van der Waals surface area contributed by atoms with Gasteiger partial charge in [0.15, 0.2) is 17.3 Å². The summed E-state index contributed by atoms with van der Waals surface area (Å²) in [5.41, 5.74) is 3.66. The first-order chi connectivity index (χ1) is 15.0. The molecule has 4 aromatic carbocycles. The molecule has 0 fully saturated rings. The summed E-state index contributed by atoms with van der Waals surface area (Å²) in [4.78, 5) is 0. The monoisotopic (exact) mass is 410 g/mol. The quantitative estimate of drug-likeness (QED) is 0.214. The molecule has 154 valence electrons. The van der Waals surface area contributed by atoms with Gasteiger partial charge in [-0.2, -0.15) is 0 Å². The van der Waals surface area contributed by atoms with Gasteiger partial charge in [0.25, 0.3) is 0 Å². The van der Waals surface area contributed by atoms with E-state index in [2.05, 4.69) is 0 Å². The summed E-state index contributed by atoms with van der Waals surface area (Å²) in [5.74, 6) is -0.417. The van der Waals surface area contributed by atoms with E-state index in [9.17, 15) is 20.4 Å². The zero-order chi connectivity index (χ0) is 21.7. The first-order valence-corrected chi connectivity index (χ1v) is 10.3. The summed E-state index contributed by atoms with van der Waals surface area (Å²) >= 11 is 0. The molecular weight excluding hydrogens is 388 g/mol. The van der Waals surface area contributed by atoms with Gasteiger partial charge >= 0.3 is 0 Å². The molecule has 0 unspecified atom stereocenters. The number of aryl methyl sites for hydroxylation is 1. The highest BCUT2D eigenvalue weighted by Gasteiger charge is 2.24. The number of aliphatic hydroxyl groups is 2. The Bertz CT molecular complexity index is 1370. The summed E-state index contributed by atoms with van der Waals surface area (Å²) in [6.07, 6.45) is 3.01. The third-order valence-electron chi connectivity index (χ3n) is 5.96. The van der Waals surface area contributed by atoms with E-state index in [4.69, 9.17) is 0 Å². The van der Waals surface area contributed by atoms with Gasteiger partial charge in [0.2, 0.25) is 0 Å². The molecule has 4 heteroatoms. The number of allylic oxidation sites excluding steroid dienone is 3. The summed E-state index contributed by atoms with van der Waals surface area (Å²) < 4.78 is 0. The van der Waals surface area contributed by atoms with E-state index >= 15 is 0 Å². The van der Waals surface area contributed by atoms with Crippen molar-refractivity contribution in [2.75, 3.05) is 0 Å². The Labute approximate surface area is 179 Å². The lowest BCUT2D eigenvalue weighted by Gasteiger charge is -2.21. The highest BCUT2D eigenvalue weighted by Crippen LogP contribution is 2.47. The van der Waals surface area contributed by atoms with Crippen LogP contribution in [0.4, 0.5) is 0 Å². The van der Waals surface area contributed by atoms with Gasteiger partial charge in [-0.15, -0.1) is 0 Å². The Balaban J connectivity index is 1.99. The molecule has 0 heterocycles. The Morgan fingerprint density at radius 2 is 1.26 bits per heavy atom. The van der Waals surface area contributed by atoms with Crippen LogP contribution in [0, 0.1) is 6.92 Å². The number of fused-ring (bicyclic) bond motifs is 2. The molecule has 4 N–H and O–H groups in total. The summed E-state index contributed by atoms with van der Waals surface area (Å²) in [6, 6.07) is 19.0. The second kappa shape index (κ2) is 7.10. The van der Waals surface area contributed by atoms with Crippen molar-refractivity contribution in [2.45, 2.75) is 19.8 Å². The maximum absolute atomic E-state index is 10.7. The Morgan fingerprint density at radius 3 is 1.84 bits per heavy atom. The number of phenolic OH excluding ortho intramolecular Hbond substituents is 2. The van der Waals surface area contributed by atoms with E-state index in [1.807, 2.05) is 67.6 Å². The largest absolute Gasteiger partial charge is 0.508 e. The number of benzene rings is 4. The van der Waals surface area contributed by atoms with E-state index in [1.165, 1.54) is 6.07 Å². The third kappa shape index (κ3) is 2.91. The zero-order valence-electron chi connectivity index (χ0n) is 17.1. The topological polar surface area (TPSA) is 80.9 Å². The van der Waals surface area contributed by atoms with Crippen molar-refractivity contribution in [2.24, 2.45) is 0 Å². The molecule has 0 amide bonds. The minimum absolute atomic E-state index is 0.00371. The normalized spacial score (nSPS) is 14.3. The molecule has 0 aromatic heterocycles. The van der Waals surface area contributed by atoms with Gasteiger partial charge in [-0.3, -0.25) is 0 Å². The van der Waals surface area contributed by atoms with Crippen LogP contribution in [0.2, 0.25) is 0 Å². The second-order valence-electron chi connectivity index (χ2n) is 7.97. The van der Waals surface area contributed by atoms with Gasteiger partial charge in [-0.1, -0.05) is 54.6 Å². The van der Waals surface area contributed by atoms with Gasteiger partial charge < -0.3 is 20.4 Å². The molecule has 0 saturated carbocycles. The predicted molar refractivity (Wildman–Crippen MR) is 124 cm³/mol. The number of rotatable bonds is 2. The maximum atomic E-state index is 10.7. The van der Waals surface area contributed by atoms with Crippen LogP contribution in [0.1, 0.15) is 24.0 Å². The van der Waals surface area contributed by atoms with Crippen LogP contribution in [0.3, 0.4) is 0 Å². The van der Waals surface area contributed by atoms with Crippen molar-refractivity contribution in [1.29, 1.82) is 0 Å². The number of aliphatic hydroxyl groups excluding tert-OH is 2. The van der Waals surface area contributed by atoms with Crippen LogP contribution in [0.15, 0.2) is 78.3 Å². The van der Waals surface area contributed by atoms with Crippen LogP contribution >= 0.6 is 0 Å². The molecule has 31 heavy (non-hydrogen) atoms. The van der Waals surface area contributed by atoms with Crippen LogP contribution in [-0.4, -0.2) is 20.4 Å². The Kier molecular flexibility index (Phi) is 4.36. The van der Waals surface area contributed by atoms with Crippen molar-refractivity contribution in [3.05, 3.63) is 89.4 Å². The summed E-state index contributed by atoms with van der Waals surface area (Å²) in [7, 11) is 0. The van der Waals surface area contributed by atoms with Crippen LogP contribution in [0.25, 0.3) is 38.2 Å². The molecule has 1 aliphatic rings. The maximum Gasteiger partial charge on any atom is 0.165 e. The van der Waals surface area contributed by atoms with Crippen molar-refractivity contribution in [3.8, 4) is 22.6 Å². The molecule has 4 aromatic rings. The minimum Gasteiger partial charge on any atom is -0.508 e. The molecule has 1 aliphatic carbocycles. The fourth-order valence-electron chi connectivity index (χ4n) is 4.60. The molecule has 0 atom stereocenters. The average molecular weight is 410 g/mol. The highest BCUT2D eigenvalue weighted by molar-refractivity contribution is 6.20. The average Bonchev–Trinajstić information content (AvgIpc) is 2.77. The Hall–Kier alpha value is -3.92. The van der Waals surface area contributed by atoms with Gasteiger partial charge in [-0.25, -0.2) is 0 Å². The first-order valence-electron chi connectivity index (χ1n) is 10.3. The zero-order valence-corrected chi connectivity index (χ0v) is 17.1. The van der Waals surface area contributed by atoms with Crippen LogP contribution < -0.4 is 0 Å². The molecule has 0 radical (unpaired) electrons. The Morgan fingerprint density at radius 1 is 0.710 bits per heavy atom. The standard InChI is InChI=1S/C27H22O4/c1-15-13-21(27(31)23(29)14-15)25-18-9-4-2-7-16(18)24(17-8-3-5-10-19(17)25)20-11-6-12-22(28)26(20)30/h2-5,7-11,13-14,28-31H,6,12H2,1H3. The molecule has 0 saturated heterocycles. The first kappa shape index (κ1) is 19.1. The molecule has 0 spiro atoms. The molecular formula is C27H22O4. The lowest BCUT2D eigenvalue weighted by atomic mass is 9.83. The molecule has 0 aliphatic heterocycles. The number of hydrogen-bond acceptors (Lipinski definition) is 4.